The van der Waals surface area contributed by atoms with E-state index in [0.717, 1.165) is 6.42 Å². The van der Waals surface area contributed by atoms with Crippen molar-refractivity contribution in [1.29, 1.82) is 0 Å². The third kappa shape index (κ3) is 4.90. The highest BCUT2D eigenvalue weighted by atomic mass is 16.3. The Balaban J connectivity index is 2.57. The zero-order valence-electron chi connectivity index (χ0n) is 12.1. The molecule has 108 valence electrons. The number of amides is 2. The molecule has 6 nitrogen and oxygen atoms in total. The minimum absolute atomic E-state index is 0.0605. The lowest BCUT2D eigenvalue weighted by Gasteiger charge is -2.19. The fourth-order valence-corrected chi connectivity index (χ4v) is 1.91. The normalized spacial score (nSPS) is 12.8. The van der Waals surface area contributed by atoms with Crippen LogP contribution in [0.4, 0.5) is 10.6 Å². The van der Waals surface area contributed by atoms with E-state index in [1.165, 1.54) is 0 Å². The highest BCUT2D eigenvalue weighted by Gasteiger charge is 2.14. The van der Waals surface area contributed by atoms with Crippen molar-refractivity contribution in [3.05, 3.63) is 12.3 Å². The van der Waals surface area contributed by atoms with Gasteiger partial charge in [0.2, 0.25) is 0 Å². The summed E-state index contributed by atoms with van der Waals surface area (Å²) in [5, 5.41) is 18.9. The molecule has 1 heterocycles. The van der Waals surface area contributed by atoms with Crippen LogP contribution in [0.2, 0.25) is 0 Å². The summed E-state index contributed by atoms with van der Waals surface area (Å²) in [6.07, 6.45) is 2.39. The SMILES string of the molecule is CC(C)C[C@H](CO)NC(=O)Nc1ccnn1C(C)C. The fourth-order valence-electron chi connectivity index (χ4n) is 1.91. The monoisotopic (exact) mass is 268 g/mol. The van der Waals surface area contributed by atoms with E-state index < -0.39 is 0 Å². The number of anilines is 1. The van der Waals surface area contributed by atoms with E-state index in [0.29, 0.717) is 11.7 Å². The van der Waals surface area contributed by atoms with E-state index in [9.17, 15) is 9.90 Å². The van der Waals surface area contributed by atoms with E-state index in [4.69, 9.17) is 0 Å². The molecule has 0 radical (unpaired) electrons. The Kier molecular flexibility index (Phi) is 5.82. The molecule has 0 saturated heterocycles. The molecule has 1 aromatic heterocycles. The van der Waals surface area contributed by atoms with Crippen LogP contribution in [0.1, 0.15) is 40.2 Å². The molecule has 6 heteroatoms. The van der Waals surface area contributed by atoms with Gasteiger partial charge >= 0.3 is 6.03 Å². The first-order valence-corrected chi connectivity index (χ1v) is 6.66. The minimum Gasteiger partial charge on any atom is -0.394 e. The number of aliphatic hydroxyl groups excluding tert-OH is 1. The third-order valence-electron chi connectivity index (χ3n) is 2.71. The number of aromatic nitrogens is 2. The molecule has 0 unspecified atom stereocenters. The summed E-state index contributed by atoms with van der Waals surface area (Å²) in [6.45, 7) is 8.03. The molecule has 19 heavy (non-hydrogen) atoms. The number of carbonyl (C=O) groups is 1. The van der Waals surface area contributed by atoms with Crippen molar-refractivity contribution in [3.63, 3.8) is 0 Å². The van der Waals surface area contributed by atoms with Gasteiger partial charge in [0.25, 0.3) is 0 Å². The van der Waals surface area contributed by atoms with Gasteiger partial charge in [-0.25, -0.2) is 9.48 Å². The van der Waals surface area contributed by atoms with E-state index in [1.54, 1.807) is 16.9 Å². The Morgan fingerprint density at radius 3 is 2.63 bits per heavy atom. The van der Waals surface area contributed by atoms with Crippen molar-refractivity contribution in [2.24, 2.45) is 5.92 Å². The van der Waals surface area contributed by atoms with Gasteiger partial charge < -0.3 is 10.4 Å². The van der Waals surface area contributed by atoms with Crippen LogP contribution in [0.3, 0.4) is 0 Å². The van der Waals surface area contributed by atoms with Crippen molar-refractivity contribution in [2.45, 2.75) is 46.2 Å². The molecule has 3 N–H and O–H groups in total. The lowest BCUT2D eigenvalue weighted by atomic mass is 10.0. The summed E-state index contributed by atoms with van der Waals surface area (Å²) < 4.78 is 1.73. The predicted molar refractivity (Wildman–Crippen MR) is 75.1 cm³/mol. The number of nitrogens with one attached hydrogen (secondary N) is 2. The number of urea groups is 1. The summed E-state index contributed by atoms with van der Waals surface area (Å²) >= 11 is 0. The van der Waals surface area contributed by atoms with Gasteiger partial charge in [0.15, 0.2) is 0 Å². The maximum absolute atomic E-state index is 11.9. The van der Waals surface area contributed by atoms with E-state index in [1.807, 2.05) is 13.8 Å². The zero-order chi connectivity index (χ0) is 14.4. The molecule has 0 fully saturated rings. The zero-order valence-corrected chi connectivity index (χ0v) is 12.1. The van der Waals surface area contributed by atoms with Crippen molar-refractivity contribution in [3.8, 4) is 0 Å². The summed E-state index contributed by atoms with van der Waals surface area (Å²) in [5.41, 5.74) is 0. The van der Waals surface area contributed by atoms with Crippen molar-refractivity contribution >= 4 is 11.8 Å². The Bertz CT molecular complexity index is 401. The molecule has 2 amide bonds. The molecule has 1 aromatic rings. The molecule has 0 saturated carbocycles. The first kappa shape index (κ1) is 15.5. The van der Waals surface area contributed by atoms with Crippen LogP contribution in [0, 0.1) is 5.92 Å². The van der Waals surface area contributed by atoms with Gasteiger partial charge in [-0.3, -0.25) is 5.32 Å². The van der Waals surface area contributed by atoms with Gasteiger partial charge in [0, 0.05) is 12.1 Å². The average molecular weight is 268 g/mol. The molecule has 0 aliphatic heterocycles. The molecule has 1 rings (SSSR count). The number of carbonyl (C=O) groups excluding carboxylic acids is 1. The minimum atomic E-state index is -0.317. The molecular formula is C13H24N4O2. The summed E-state index contributed by atoms with van der Waals surface area (Å²) in [6, 6.07) is 1.38. The molecule has 0 aliphatic rings. The third-order valence-corrected chi connectivity index (χ3v) is 2.71. The average Bonchev–Trinajstić information content (AvgIpc) is 2.75. The second-order valence-electron chi connectivity index (χ2n) is 5.36. The molecular weight excluding hydrogens is 244 g/mol. The number of nitrogens with zero attached hydrogens (tertiary/aromatic N) is 2. The first-order valence-electron chi connectivity index (χ1n) is 6.66. The standard InChI is InChI=1S/C13H24N4O2/c1-9(2)7-11(8-18)15-13(19)16-12-5-6-14-17(12)10(3)4/h5-6,9-11,18H,7-8H2,1-4H3,(H2,15,16,19)/t11-/m1/s1. The molecule has 0 bridgehead atoms. The van der Waals surface area contributed by atoms with Gasteiger partial charge in [-0.15, -0.1) is 0 Å². The van der Waals surface area contributed by atoms with Crippen molar-refractivity contribution in [2.75, 3.05) is 11.9 Å². The van der Waals surface area contributed by atoms with Gasteiger partial charge in [0.05, 0.1) is 18.8 Å². The van der Waals surface area contributed by atoms with Crippen LogP contribution < -0.4 is 10.6 Å². The van der Waals surface area contributed by atoms with Crippen molar-refractivity contribution < 1.29 is 9.90 Å². The predicted octanol–water partition coefficient (Wildman–Crippen LogP) is 1.99. The van der Waals surface area contributed by atoms with E-state index in [2.05, 4.69) is 29.6 Å². The Morgan fingerprint density at radius 2 is 2.11 bits per heavy atom. The Morgan fingerprint density at radius 1 is 1.42 bits per heavy atom. The molecule has 0 spiro atoms. The van der Waals surface area contributed by atoms with Crippen LogP contribution in [0.15, 0.2) is 12.3 Å². The summed E-state index contributed by atoms with van der Waals surface area (Å²) in [4.78, 5) is 11.9. The lowest BCUT2D eigenvalue weighted by molar-refractivity contribution is 0.214. The number of hydrogen-bond acceptors (Lipinski definition) is 3. The summed E-state index contributed by atoms with van der Waals surface area (Å²) in [5.74, 6) is 1.06. The quantitative estimate of drug-likeness (QED) is 0.738. The van der Waals surface area contributed by atoms with Crippen LogP contribution in [-0.2, 0) is 0 Å². The van der Waals surface area contributed by atoms with E-state index in [-0.39, 0.29) is 24.7 Å². The smallest absolute Gasteiger partial charge is 0.320 e. The second-order valence-corrected chi connectivity index (χ2v) is 5.36. The second kappa shape index (κ2) is 7.13. The van der Waals surface area contributed by atoms with E-state index >= 15 is 0 Å². The molecule has 0 aliphatic carbocycles. The largest absolute Gasteiger partial charge is 0.394 e. The number of hydrogen-bond donors (Lipinski definition) is 3. The molecule has 1 atom stereocenters. The molecule has 0 aromatic carbocycles. The van der Waals surface area contributed by atoms with Crippen molar-refractivity contribution in [1.82, 2.24) is 15.1 Å². The van der Waals surface area contributed by atoms with Crippen LogP contribution in [-0.4, -0.2) is 33.6 Å². The van der Waals surface area contributed by atoms with Gasteiger partial charge in [-0.1, -0.05) is 13.8 Å². The number of rotatable bonds is 6. The maximum Gasteiger partial charge on any atom is 0.320 e. The Labute approximate surface area is 114 Å². The Hall–Kier alpha value is -1.56. The van der Waals surface area contributed by atoms with Gasteiger partial charge in [0.1, 0.15) is 5.82 Å². The highest BCUT2D eigenvalue weighted by Crippen LogP contribution is 2.13. The van der Waals surface area contributed by atoms with Gasteiger partial charge in [-0.2, -0.15) is 5.10 Å². The van der Waals surface area contributed by atoms with Crippen LogP contribution in [0.5, 0.6) is 0 Å². The number of aliphatic hydroxyl groups is 1. The lowest BCUT2D eigenvalue weighted by Crippen LogP contribution is -2.41. The fraction of sp³-hybridized carbons (Fsp3) is 0.692. The topological polar surface area (TPSA) is 79.2 Å². The van der Waals surface area contributed by atoms with Crippen LogP contribution >= 0.6 is 0 Å². The highest BCUT2D eigenvalue weighted by molar-refractivity contribution is 5.88. The summed E-state index contributed by atoms with van der Waals surface area (Å²) in [7, 11) is 0. The van der Waals surface area contributed by atoms with Gasteiger partial charge in [-0.05, 0) is 26.2 Å². The first-order chi connectivity index (χ1) is 8.93. The van der Waals surface area contributed by atoms with Crippen LogP contribution in [0.25, 0.3) is 0 Å². The maximum atomic E-state index is 11.9.